The van der Waals surface area contributed by atoms with Gasteiger partial charge in [0.25, 0.3) is 0 Å². The van der Waals surface area contributed by atoms with Gasteiger partial charge in [0.1, 0.15) is 0 Å². The van der Waals surface area contributed by atoms with Gasteiger partial charge in [0, 0.05) is 11.6 Å². The molecule has 0 amide bonds. The SMILES string of the molecule is CC.CC[C@@H](P)[C@H](c1ccccc1)n1cc(N)c2ccccc21. The van der Waals surface area contributed by atoms with Crippen molar-refractivity contribution in [1.82, 2.24) is 4.57 Å². The van der Waals surface area contributed by atoms with Gasteiger partial charge >= 0.3 is 0 Å². The minimum Gasteiger partial charge on any atom is -0.397 e. The average molecular weight is 326 g/mol. The van der Waals surface area contributed by atoms with Crippen molar-refractivity contribution in [1.29, 1.82) is 0 Å². The highest BCUT2D eigenvalue weighted by Crippen LogP contribution is 2.35. The predicted molar refractivity (Wildman–Crippen MR) is 106 cm³/mol. The quantitative estimate of drug-likeness (QED) is 0.631. The number of nitrogen functional groups attached to an aromatic ring is 1. The van der Waals surface area contributed by atoms with Crippen LogP contribution in [0.2, 0.25) is 0 Å². The Morgan fingerprint density at radius 2 is 1.61 bits per heavy atom. The normalized spacial score (nSPS) is 13.2. The number of anilines is 1. The molecular formula is C20H27N2P. The third kappa shape index (κ3) is 3.59. The van der Waals surface area contributed by atoms with E-state index in [9.17, 15) is 0 Å². The third-order valence-corrected chi connectivity index (χ3v) is 4.93. The van der Waals surface area contributed by atoms with Gasteiger partial charge in [-0.1, -0.05) is 69.3 Å². The minimum absolute atomic E-state index is 0.281. The molecule has 0 saturated carbocycles. The van der Waals surface area contributed by atoms with Gasteiger partial charge in [-0.3, -0.25) is 0 Å². The van der Waals surface area contributed by atoms with E-state index in [1.54, 1.807) is 0 Å². The van der Waals surface area contributed by atoms with Crippen molar-refractivity contribution in [3.8, 4) is 0 Å². The highest BCUT2D eigenvalue weighted by molar-refractivity contribution is 7.17. The summed E-state index contributed by atoms with van der Waals surface area (Å²) < 4.78 is 2.32. The van der Waals surface area contributed by atoms with Crippen LogP contribution in [0.1, 0.15) is 38.8 Å². The first-order valence-electron chi connectivity index (χ1n) is 8.38. The molecule has 0 aliphatic carbocycles. The fourth-order valence-electron chi connectivity index (χ4n) is 2.95. The summed E-state index contributed by atoms with van der Waals surface area (Å²) in [6.45, 7) is 6.22. The largest absolute Gasteiger partial charge is 0.397 e. The van der Waals surface area contributed by atoms with Gasteiger partial charge in [-0.2, -0.15) is 0 Å². The lowest BCUT2D eigenvalue weighted by Crippen LogP contribution is -2.19. The highest BCUT2D eigenvalue weighted by Gasteiger charge is 2.22. The number of rotatable bonds is 4. The Morgan fingerprint density at radius 1 is 1.00 bits per heavy atom. The second-order valence-electron chi connectivity index (χ2n) is 5.44. The van der Waals surface area contributed by atoms with Crippen molar-refractivity contribution in [2.45, 2.75) is 38.9 Å². The molecule has 0 saturated heterocycles. The predicted octanol–water partition coefficient (Wildman–Crippen LogP) is 5.49. The Labute approximate surface area is 141 Å². The van der Waals surface area contributed by atoms with E-state index in [0.29, 0.717) is 5.66 Å². The molecule has 0 aliphatic rings. The van der Waals surface area contributed by atoms with Gasteiger partial charge < -0.3 is 10.3 Å². The van der Waals surface area contributed by atoms with E-state index >= 15 is 0 Å². The van der Waals surface area contributed by atoms with Gasteiger partial charge in [-0.15, -0.1) is 9.24 Å². The van der Waals surface area contributed by atoms with Crippen molar-refractivity contribution in [2.24, 2.45) is 0 Å². The average Bonchev–Trinajstić information content (AvgIpc) is 2.95. The van der Waals surface area contributed by atoms with E-state index in [4.69, 9.17) is 5.73 Å². The van der Waals surface area contributed by atoms with Crippen LogP contribution in [0.4, 0.5) is 5.69 Å². The first kappa shape index (κ1) is 17.6. The monoisotopic (exact) mass is 326 g/mol. The van der Waals surface area contributed by atoms with Crippen molar-refractivity contribution in [2.75, 3.05) is 5.73 Å². The zero-order chi connectivity index (χ0) is 16.8. The number of para-hydroxylation sites is 1. The lowest BCUT2D eigenvalue weighted by atomic mass is 10.0. The molecule has 1 unspecified atom stereocenters. The Bertz CT molecular complexity index is 734. The smallest absolute Gasteiger partial charge is 0.0649 e. The number of benzene rings is 2. The molecule has 0 spiro atoms. The van der Waals surface area contributed by atoms with Crippen molar-refractivity contribution < 1.29 is 0 Å². The molecule has 1 heterocycles. The minimum atomic E-state index is 0.281. The second kappa shape index (κ2) is 8.17. The molecule has 3 rings (SSSR count). The van der Waals surface area contributed by atoms with Crippen molar-refractivity contribution in [3.63, 3.8) is 0 Å². The Hall–Kier alpha value is -1.79. The van der Waals surface area contributed by atoms with Gasteiger partial charge in [-0.25, -0.2) is 0 Å². The van der Waals surface area contributed by atoms with Crippen molar-refractivity contribution in [3.05, 3.63) is 66.4 Å². The summed E-state index contributed by atoms with van der Waals surface area (Å²) in [5.41, 5.74) is 10.0. The van der Waals surface area contributed by atoms with Crippen molar-refractivity contribution >= 4 is 25.8 Å². The summed E-state index contributed by atoms with van der Waals surface area (Å²) in [6.07, 6.45) is 3.17. The number of fused-ring (bicyclic) bond motifs is 1. The number of nitrogens with zero attached hydrogens (tertiary/aromatic N) is 1. The number of nitrogens with two attached hydrogens (primary N) is 1. The molecular weight excluding hydrogens is 299 g/mol. The number of aromatic nitrogens is 1. The molecule has 3 atom stereocenters. The van der Waals surface area contributed by atoms with Crippen LogP contribution in [-0.4, -0.2) is 10.2 Å². The summed E-state index contributed by atoms with van der Waals surface area (Å²) in [4.78, 5) is 0. The summed E-state index contributed by atoms with van der Waals surface area (Å²) in [6, 6.07) is 19.3. The summed E-state index contributed by atoms with van der Waals surface area (Å²) in [7, 11) is 2.99. The fourth-order valence-corrected chi connectivity index (χ4v) is 3.36. The molecule has 2 N–H and O–H groups in total. The lowest BCUT2D eigenvalue weighted by molar-refractivity contribution is 0.563. The molecule has 1 aromatic heterocycles. The molecule has 0 aliphatic heterocycles. The van der Waals surface area contributed by atoms with Crippen LogP contribution in [-0.2, 0) is 0 Å². The summed E-state index contributed by atoms with van der Waals surface area (Å²) >= 11 is 0. The molecule has 3 aromatic rings. The summed E-state index contributed by atoms with van der Waals surface area (Å²) in [5, 5.41) is 1.13. The van der Waals surface area contributed by atoms with Crippen LogP contribution < -0.4 is 5.73 Å². The van der Waals surface area contributed by atoms with Gasteiger partial charge in [0.2, 0.25) is 0 Å². The van der Waals surface area contributed by atoms with Crippen LogP contribution in [0.3, 0.4) is 0 Å². The van der Waals surface area contributed by atoms with Crippen LogP contribution in [0.25, 0.3) is 10.9 Å². The highest BCUT2D eigenvalue weighted by atomic mass is 31.0. The molecule has 2 nitrogen and oxygen atoms in total. The molecule has 2 aromatic carbocycles. The standard InChI is InChI=1S/C18H21N2P.C2H6/c1-2-17(21)18(13-8-4-3-5-9-13)20-12-15(19)14-10-6-7-11-16(14)20;1-2/h3-12,17-18H,2,19,21H2,1H3;1-2H3/t17-,18+;/m1./s1. The van der Waals surface area contributed by atoms with E-state index < -0.39 is 0 Å². The summed E-state index contributed by atoms with van der Waals surface area (Å²) in [5.74, 6) is 0. The Kier molecular flexibility index (Phi) is 6.24. The van der Waals surface area contributed by atoms with E-state index in [-0.39, 0.29) is 6.04 Å². The van der Waals surface area contributed by atoms with E-state index in [1.165, 1.54) is 11.1 Å². The maximum atomic E-state index is 6.21. The molecule has 3 heteroatoms. The Balaban J connectivity index is 0.000000924. The maximum absolute atomic E-state index is 6.21. The van der Waals surface area contributed by atoms with Crippen LogP contribution in [0, 0.1) is 0 Å². The van der Waals surface area contributed by atoms with Gasteiger partial charge in [0.05, 0.1) is 17.2 Å². The van der Waals surface area contributed by atoms with Crippen LogP contribution in [0.5, 0.6) is 0 Å². The first-order valence-corrected chi connectivity index (χ1v) is 9.04. The maximum Gasteiger partial charge on any atom is 0.0649 e. The van der Waals surface area contributed by atoms with E-state index in [0.717, 1.165) is 17.5 Å². The molecule has 0 radical (unpaired) electrons. The van der Waals surface area contributed by atoms with Gasteiger partial charge in [-0.05, 0) is 23.7 Å². The zero-order valence-electron chi connectivity index (χ0n) is 14.2. The third-order valence-electron chi connectivity index (χ3n) is 4.09. The lowest BCUT2D eigenvalue weighted by Gasteiger charge is -2.26. The van der Waals surface area contributed by atoms with E-state index in [2.05, 4.69) is 75.5 Å². The molecule has 0 fully saturated rings. The Morgan fingerprint density at radius 3 is 2.26 bits per heavy atom. The van der Waals surface area contributed by atoms with Crippen LogP contribution in [0.15, 0.2) is 60.8 Å². The molecule has 0 bridgehead atoms. The second-order valence-corrected chi connectivity index (χ2v) is 6.29. The topological polar surface area (TPSA) is 30.9 Å². The number of hydrogen-bond acceptors (Lipinski definition) is 1. The van der Waals surface area contributed by atoms with E-state index in [1.807, 2.05) is 19.9 Å². The first-order chi connectivity index (χ1) is 11.2. The van der Waals surface area contributed by atoms with Gasteiger partial charge in [0.15, 0.2) is 0 Å². The zero-order valence-corrected chi connectivity index (χ0v) is 15.4. The fraction of sp³-hybridized carbons (Fsp3) is 0.300. The molecule has 23 heavy (non-hydrogen) atoms. The number of hydrogen-bond donors (Lipinski definition) is 1. The molecule has 122 valence electrons. The van der Waals surface area contributed by atoms with Crippen LogP contribution >= 0.6 is 9.24 Å².